The van der Waals surface area contributed by atoms with E-state index in [9.17, 15) is 5.21 Å². The van der Waals surface area contributed by atoms with Crippen molar-refractivity contribution < 1.29 is 5.21 Å². The molecule has 0 saturated heterocycles. The maximum absolute atomic E-state index is 10.0. The third kappa shape index (κ3) is 3.76. The maximum Gasteiger partial charge on any atom is 0.0251 e. The molecule has 0 amide bonds. The smallest absolute Gasteiger partial charge is 0.0251 e. The molecule has 0 rings (SSSR count). The van der Waals surface area contributed by atoms with Gasteiger partial charge in [-0.1, -0.05) is 12.2 Å². The Morgan fingerprint density at radius 2 is 2.22 bits per heavy atom. The lowest BCUT2D eigenvalue weighted by molar-refractivity contribution is -0.00311. The van der Waals surface area contributed by atoms with Crippen molar-refractivity contribution in [2.45, 2.75) is 13.8 Å². The standard InChI is InChI=1S/C6H10NO2/c1-3-4-5-6(2)7(8)9/h3-5,8H,1-2H3/q-1/b4-3-,6-5+. The van der Waals surface area contributed by atoms with Gasteiger partial charge in [-0.3, -0.25) is 5.21 Å². The molecule has 0 aliphatic heterocycles. The van der Waals surface area contributed by atoms with Gasteiger partial charge in [0.25, 0.3) is 0 Å². The molecular formula is C6H10NO2-. The van der Waals surface area contributed by atoms with Crippen LogP contribution in [-0.2, 0) is 0 Å². The Hall–Kier alpha value is -0.800. The van der Waals surface area contributed by atoms with Gasteiger partial charge >= 0.3 is 0 Å². The van der Waals surface area contributed by atoms with Gasteiger partial charge in [0.15, 0.2) is 0 Å². The lowest BCUT2D eigenvalue weighted by Gasteiger charge is -2.21. The topological polar surface area (TPSA) is 46.5 Å². The highest BCUT2D eigenvalue weighted by Gasteiger charge is 1.80. The monoisotopic (exact) mass is 128 g/mol. The van der Waals surface area contributed by atoms with Gasteiger partial charge in [-0.25, -0.2) is 0 Å². The Labute approximate surface area is 54.4 Å². The molecular weight excluding hydrogens is 118 g/mol. The van der Waals surface area contributed by atoms with E-state index >= 15 is 0 Å². The molecule has 0 bridgehead atoms. The fourth-order valence-electron chi connectivity index (χ4n) is 0.299. The van der Waals surface area contributed by atoms with Crippen LogP contribution in [0.1, 0.15) is 13.8 Å². The van der Waals surface area contributed by atoms with Gasteiger partial charge in [0.2, 0.25) is 0 Å². The molecule has 0 aromatic rings. The molecule has 52 valence electrons. The van der Waals surface area contributed by atoms with Gasteiger partial charge in [-0.05, 0) is 19.9 Å². The van der Waals surface area contributed by atoms with E-state index in [1.807, 2.05) is 6.92 Å². The van der Waals surface area contributed by atoms with Crippen molar-refractivity contribution in [3.63, 3.8) is 0 Å². The Balaban J connectivity index is 3.84. The fourth-order valence-corrected chi connectivity index (χ4v) is 0.299. The van der Waals surface area contributed by atoms with Gasteiger partial charge in [-0.15, -0.1) is 0 Å². The Morgan fingerprint density at radius 1 is 1.67 bits per heavy atom. The van der Waals surface area contributed by atoms with E-state index in [-0.39, 0.29) is 10.9 Å². The summed E-state index contributed by atoms with van der Waals surface area (Å²) in [5, 5.41) is 18.1. The molecule has 0 heterocycles. The van der Waals surface area contributed by atoms with Crippen molar-refractivity contribution in [1.82, 2.24) is 5.23 Å². The Kier molecular flexibility index (Phi) is 3.75. The minimum atomic E-state index is -0.167. The summed E-state index contributed by atoms with van der Waals surface area (Å²) < 4.78 is 0. The predicted molar refractivity (Wildman–Crippen MR) is 35.6 cm³/mol. The van der Waals surface area contributed by atoms with Crippen LogP contribution in [0, 0.1) is 5.21 Å². The van der Waals surface area contributed by atoms with Crippen LogP contribution in [0.3, 0.4) is 0 Å². The molecule has 0 spiro atoms. The lowest BCUT2D eigenvalue weighted by Crippen LogP contribution is -2.05. The minimum absolute atomic E-state index is 0.167. The average Bonchev–Trinajstić information content (AvgIpc) is 1.82. The summed E-state index contributed by atoms with van der Waals surface area (Å²) in [5.74, 6) is 0. The zero-order valence-corrected chi connectivity index (χ0v) is 5.53. The molecule has 0 aliphatic carbocycles. The summed E-state index contributed by atoms with van der Waals surface area (Å²) in [6.07, 6.45) is 4.97. The quantitative estimate of drug-likeness (QED) is 0.454. The molecule has 0 aromatic heterocycles. The van der Waals surface area contributed by atoms with E-state index in [2.05, 4.69) is 0 Å². The Morgan fingerprint density at radius 3 is 2.56 bits per heavy atom. The number of rotatable bonds is 2. The predicted octanol–water partition coefficient (Wildman–Crippen LogP) is 1.66. The van der Waals surface area contributed by atoms with Gasteiger partial charge in [0.1, 0.15) is 0 Å². The Bertz CT molecular complexity index is 127. The normalized spacial score (nSPS) is 12.7. The first-order valence-corrected chi connectivity index (χ1v) is 2.64. The number of hydroxylamine groups is 2. The summed E-state index contributed by atoms with van der Waals surface area (Å²) >= 11 is 0. The lowest BCUT2D eigenvalue weighted by atomic mass is 10.4. The van der Waals surface area contributed by atoms with E-state index in [1.165, 1.54) is 13.0 Å². The second kappa shape index (κ2) is 4.12. The van der Waals surface area contributed by atoms with Crippen molar-refractivity contribution in [1.29, 1.82) is 0 Å². The molecule has 0 aliphatic rings. The largest absolute Gasteiger partial charge is 0.734 e. The van der Waals surface area contributed by atoms with Gasteiger partial charge in [-0.2, -0.15) is 0 Å². The highest BCUT2D eigenvalue weighted by molar-refractivity contribution is 5.07. The highest BCUT2D eigenvalue weighted by atomic mass is 16.8. The maximum atomic E-state index is 10.0. The van der Waals surface area contributed by atoms with Crippen LogP contribution in [0.15, 0.2) is 23.9 Å². The van der Waals surface area contributed by atoms with Crippen molar-refractivity contribution in [3.05, 3.63) is 29.1 Å². The fraction of sp³-hybridized carbons (Fsp3) is 0.333. The molecule has 0 fully saturated rings. The summed E-state index contributed by atoms with van der Waals surface area (Å²) in [6, 6.07) is 0. The molecule has 0 atom stereocenters. The zero-order valence-electron chi connectivity index (χ0n) is 5.53. The second-order valence-corrected chi connectivity index (χ2v) is 1.61. The number of hydrogen-bond acceptors (Lipinski definition) is 3. The number of nitrogens with zero attached hydrogens (tertiary/aromatic N) is 1. The van der Waals surface area contributed by atoms with Crippen LogP contribution in [-0.4, -0.2) is 10.4 Å². The zero-order chi connectivity index (χ0) is 7.28. The molecule has 0 radical (unpaired) electrons. The van der Waals surface area contributed by atoms with E-state index in [0.717, 1.165) is 0 Å². The van der Waals surface area contributed by atoms with Crippen LogP contribution >= 0.6 is 0 Å². The van der Waals surface area contributed by atoms with E-state index in [1.54, 1.807) is 12.2 Å². The van der Waals surface area contributed by atoms with E-state index < -0.39 is 0 Å². The average molecular weight is 128 g/mol. The first kappa shape index (κ1) is 8.20. The van der Waals surface area contributed by atoms with Crippen molar-refractivity contribution in [2.75, 3.05) is 0 Å². The third-order valence-corrected chi connectivity index (χ3v) is 0.832. The third-order valence-electron chi connectivity index (χ3n) is 0.832. The summed E-state index contributed by atoms with van der Waals surface area (Å²) in [6.45, 7) is 3.35. The van der Waals surface area contributed by atoms with Crippen molar-refractivity contribution >= 4 is 0 Å². The molecule has 9 heavy (non-hydrogen) atoms. The van der Waals surface area contributed by atoms with Crippen LogP contribution in [0.5, 0.6) is 0 Å². The van der Waals surface area contributed by atoms with E-state index in [4.69, 9.17) is 5.21 Å². The van der Waals surface area contributed by atoms with Crippen LogP contribution in [0.4, 0.5) is 0 Å². The molecule has 3 nitrogen and oxygen atoms in total. The highest BCUT2D eigenvalue weighted by Crippen LogP contribution is 1.95. The number of allylic oxidation sites excluding steroid dienone is 4. The summed E-state index contributed by atoms with van der Waals surface area (Å²) in [7, 11) is 0. The first-order valence-electron chi connectivity index (χ1n) is 2.64. The minimum Gasteiger partial charge on any atom is -0.734 e. The summed E-state index contributed by atoms with van der Waals surface area (Å²) in [5.41, 5.74) is 0.271. The first-order chi connectivity index (χ1) is 4.18. The molecule has 3 heteroatoms. The van der Waals surface area contributed by atoms with Gasteiger partial charge in [0, 0.05) is 5.70 Å². The van der Waals surface area contributed by atoms with Gasteiger partial charge in [0.05, 0.1) is 0 Å². The number of hydrogen-bond donors (Lipinski definition) is 1. The second-order valence-electron chi connectivity index (χ2n) is 1.61. The SMILES string of the molecule is C/C=C\C=C(/C)N([O-])O. The van der Waals surface area contributed by atoms with E-state index in [0.29, 0.717) is 0 Å². The molecule has 0 aromatic carbocycles. The molecule has 1 N–H and O–H groups in total. The molecule has 0 saturated carbocycles. The molecule has 0 unspecified atom stereocenters. The van der Waals surface area contributed by atoms with Crippen molar-refractivity contribution in [3.8, 4) is 0 Å². The van der Waals surface area contributed by atoms with Crippen LogP contribution < -0.4 is 0 Å². The van der Waals surface area contributed by atoms with Gasteiger partial charge < -0.3 is 10.4 Å². The summed E-state index contributed by atoms with van der Waals surface area (Å²) in [4.78, 5) is 0. The van der Waals surface area contributed by atoms with Crippen molar-refractivity contribution in [2.24, 2.45) is 0 Å². The van der Waals surface area contributed by atoms with Crippen LogP contribution in [0.2, 0.25) is 0 Å². The van der Waals surface area contributed by atoms with Crippen LogP contribution in [0.25, 0.3) is 0 Å².